The highest BCUT2D eigenvalue weighted by atomic mass is 19.2. The van der Waals surface area contributed by atoms with Crippen LogP contribution in [0.5, 0.6) is 5.75 Å². The molecule has 42 heavy (non-hydrogen) atoms. The maximum absolute atomic E-state index is 14.2. The summed E-state index contributed by atoms with van der Waals surface area (Å²) in [5.74, 6) is -2.59. The number of halogens is 2. The van der Waals surface area contributed by atoms with Crippen LogP contribution in [0.3, 0.4) is 0 Å². The Labute approximate surface area is 244 Å². The average Bonchev–Trinajstić information content (AvgIpc) is 2.98. The highest BCUT2D eigenvalue weighted by Crippen LogP contribution is 2.32. The Hall–Kier alpha value is -4.12. The van der Waals surface area contributed by atoms with E-state index >= 15 is 0 Å². The lowest BCUT2D eigenvalue weighted by Gasteiger charge is -2.34. The van der Waals surface area contributed by atoms with E-state index in [-0.39, 0.29) is 35.0 Å². The molecule has 11 heteroatoms. The highest BCUT2D eigenvalue weighted by molar-refractivity contribution is 5.90. The molecule has 226 valence electrons. The number of nitrogens with two attached hydrogens (primary N) is 1. The zero-order valence-electron chi connectivity index (χ0n) is 24.6. The molecule has 1 aliphatic rings. The van der Waals surface area contributed by atoms with Crippen LogP contribution in [0.4, 0.5) is 25.8 Å². The number of hydrogen-bond donors (Lipinski definition) is 2. The van der Waals surface area contributed by atoms with Crippen molar-refractivity contribution in [2.45, 2.75) is 19.8 Å². The molecule has 0 unspecified atom stereocenters. The number of rotatable bonds is 11. The second-order valence-corrected chi connectivity index (χ2v) is 10.9. The van der Waals surface area contributed by atoms with E-state index in [0.717, 1.165) is 56.1 Å². The Bertz CT molecular complexity index is 1470. The first-order valence-electron chi connectivity index (χ1n) is 14.1. The number of likely N-dealkylation sites (N-methyl/N-ethyl adjacent to an activating group) is 1. The van der Waals surface area contributed by atoms with Crippen molar-refractivity contribution in [3.63, 3.8) is 0 Å². The maximum atomic E-state index is 14.2. The Morgan fingerprint density at radius 1 is 1.05 bits per heavy atom. The molecule has 0 saturated carbocycles. The first-order valence-corrected chi connectivity index (χ1v) is 14.1. The summed E-state index contributed by atoms with van der Waals surface area (Å²) in [6, 6.07) is 9.22. The largest absolute Gasteiger partial charge is 0.493 e. The molecule has 0 radical (unpaired) electrons. The van der Waals surface area contributed by atoms with E-state index in [1.54, 1.807) is 0 Å². The van der Waals surface area contributed by atoms with Gasteiger partial charge in [0.15, 0.2) is 11.6 Å². The van der Waals surface area contributed by atoms with Crippen molar-refractivity contribution in [2.24, 2.45) is 13.0 Å². The third-order valence-electron chi connectivity index (χ3n) is 7.56. The average molecular weight is 584 g/mol. The van der Waals surface area contributed by atoms with Gasteiger partial charge in [-0.1, -0.05) is 6.92 Å². The second kappa shape index (κ2) is 13.7. The van der Waals surface area contributed by atoms with E-state index in [0.29, 0.717) is 18.7 Å². The monoisotopic (exact) mass is 583 g/mol. The van der Waals surface area contributed by atoms with Gasteiger partial charge < -0.3 is 34.9 Å². The quantitative estimate of drug-likeness (QED) is 0.195. The third kappa shape index (κ3) is 7.39. The van der Waals surface area contributed by atoms with Crippen molar-refractivity contribution in [1.29, 1.82) is 0 Å². The number of benzene rings is 2. The lowest BCUT2D eigenvalue weighted by atomic mass is 10.0. The molecule has 0 amide bonds. The SMILES string of the molecule is COC(=O)c1cc(-c2cc(F)c(F)cc2OCCC[C@@H](C)CNc2cc(N3CCN(C)CC3)ccc2N)c(=O)n(C)c1. The van der Waals surface area contributed by atoms with Gasteiger partial charge >= 0.3 is 5.97 Å². The van der Waals surface area contributed by atoms with Crippen LogP contribution in [0, 0.1) is 17.6 Å². The van der Waals surface area contributed by atoms with E-state index in [1.165, 1.54) is 31.0 Å². The predicted octanol–water partition coefficient (Wildman–Crippen LogP) is 4.36. The Balaban J connectivity index is 1.37. The molecule has 1 saturated heterocycles. The van der Waals surface area contributed by atoms with Crippen molar-refractivity contribution in [3.8, 4) is 16.9 Å². The van der Waals surface area contributed by atoms with Gasteiger partial charge in [-0.15, -0.1) is 0 Å². The van der Waals surface area contributed by atoms with Crippen LogP contribution >= 0.6 is 0 Å². The molecule has 2 heterocycles. The number of nitrogens with one attached hydrogen (secondary N) is 1. The van der Waals surface area contributed by atoms with Crippen LogP contribution in [0.25, 0.3) is 11.1 Å². The van der Waals surface area contributed by atoms with E-state index in [9.17, 15) is 18.4 Å². The summed E-state index contributed by atoms with van der Waals surface area (Å²) >= 11 is 0. The van der Waals surface area contributed by atoms with Crippen LogP contribution in [0.15, 0.2) is 47.4 Å². The first-order chi connectivity index (χ1) is 20.1. The molecule has 1 aliphatic heterocycles. The highest BCUT2D eigenvalue weighted by Gasteiger charge is 2.20. The summed E-state index contributed by atoms with van der Waals surface area (Å²) in [5, 5.41) is 3.47. The summed E-state index contributed by atoms with van der Waals surface area (Å²) in [4.78, 5) is 29.6. The maximum Gasteiger partial charge on any atom is 0.339 e. The summed E-state index contributed by atoms with van der Waals surface area (Å²) in [5.41, 5.74) is 8.65. The number of esters is 1. The zero-order chi connectivity index (χ0) is 30.4. The Morgan fingerprint density at radius 2 is 1.76 bits per heavy atom. The van der Waals surface area contributed by atoms with Gasteiger partial charge in [0.25, 0.3) is 5.56 Å². The van der Waals surface area contributed by atoms with E-state index < -0.39 is 23.2 Å². The number of piperazine rings is 1. The van der Waals surface area contributed by atoms with Crippen molar-refractivity contribution in [1.82, 2.24) is 9.47 Å². The second-order valence-electron chi connectivity index (χ2n) is 10.9. The number of aromatic nitrogens is 1. The van der Waals surface area contributed by atoms with Gasteiger partial charge in [0.2, 0.25) is 0 Å². The van der Waals surface area contributed by atoms with Crippen LogP contribution in [0.1, 0.15) is 30.1 Å². The molecule has 9 nitrogen and oxygen atoms in total. The van der Waals surface area contributed by atoms with Crippen LogP contribution in [0.2, 0.25) is 0 Å². The molecule has 3 aromatic rings. The van der Waals surface area contributed by atoms with Gasteiger partial charge in [-0.05, 0) is 56.1 Å². The molecule has 1 fully saturated rings. The van der Waals surface area contributed by atoms with E-state index in [4.69, 9.17) is 15.2 Å². The molecule has 4 rings (SSSR count). The summed E-state index contributed by atoms with van der Waals surface area (Å²) in [7, 11) is 4.81. The summed E-state index contributed by atoms with van der Waals surface area (Å²) < 4.78 is 40.2. The number of methoxy groups -OCH3 is 1. The number of anilines is 3. The minimum atomic E-state index is -1.13. The first kappa shape index (κ1) is 30.8. The number of nitrogens with zero attached hydrogens (tertiary/aromatic N) is 3. The number of aryl methyl sites for hydroxylation is 1. The van der Waals surface area contributed by atoms with Gasteiger partial charge in [-0.3, -0.25) is 4.79 Å². The summed E-state index contributed by atoms with van der Waals surface area (Å²) in [6.07, 6.45) is 2.76. The van der Waals surface area contributed by atoms with Crippen molar-refractivity contribution in [3.05, 3.63) is 70.1 Å². The van der Waals surface area contributed by atoms with Gasteiger partial charge in [-0.2, -0.15) is 0 Å². The standard InChI is InChI=1S/C31H39F2N5O4/c1-20(18-35-28-15-22(7-8-27(28)34)38-11-9-36(2)10-12-38)6-5-13-42-29-17-26(33)25(32)16-23(29)24-14-21(31(40)41-4)19-37(3)30(24)39/h7-8,14-17,19-20,35H,5-6,9-13,18,34H2,1-4H3/t20-/m1/s1. The number of carbonyl (C=O) groups is 1. The topological polar surface area (TPSA) is 102 Å². The Morgan fingerprint density at radius 3 is 2.48 bits per heavy atom. The van der Waals surface area contributed by atoms with Crippen molar-refractivity contribution in [2.75, 3.05) is 69.4 Å². The van der Waals surface area contributed by atoms with E-state index in [2.05, 4.69) is 41.2 Å². The van der Waals surface area contributed by atoms with Crippen molar-refractivity contribution >= 4 is 23.0 Å². The molecule has 0 spiro atoms. The lowest BCUT2D eigenvalue weighted by molar-refractivity contribution is 0.0599. The molecular weight excluding hydrogens is 544 g/mol. The van der Waals surface area contributed by atoms with Gasteiger partial charge in [0.05, 0.1) is 36.2 Å². The number of hydrogen-bond acceptors (Lipinski definition) is 8. The smallest absolute Gasteiger partial charge is 0.339 e. The van der Waals surface area contributed by atoms with Crippen LogP contribution < -0.4 is 26.2 Å². The minimum Gasteiger partial charge on any atom is -0.493 e. The fourth-order valence-corrected chi connectivity index (χ4v) is 4.95. The van der Waals surface area contributed by atoms with Gasteiger partial charge in [0, 0.05) is 63.3 Å². The fourth-order valence-electron chi connectivity index (χ4n) is 4.95. The molecule has 2 aromatic carbocycles. The predicted molar refractivity (Wildman–Crippen MR) is 161 cm³/mol. The Kier molecular flexibility index (Phi) is 10.1. The van der Waals surface area contributed by atoms with Gasteiger partial charge in [-0.25, -0.2) is 13.6 Å². The lowest BCUT2D eigenvalue weighted by Crippen LogP contribution is -2.44. The summed E-state index contributed by atoms with van der Waals surface area (Å²) in [6.45, 7) is 7.02. The number of nitrogen functional groups attached to an aromatic ring is 1. The normalized spacial score (nSPS) is 14.5. The minimum absolute atomic E-state index is 0.00302. The molecule has 0 aliphatic carbocycles. The van der Waals surface area contributed by atoms with Crippen molar-refractivity contribution < 1.29 is 23.0 Å². The van der Waals surface area contributed by atoms with Crippen LogP contribution in [-0.4, -0.2) is 68.9 Å². The number of ether oxygens (including phenoxy) is 2. The molecule has 1 aromatic heterocycles. The number of carbonyl (C=O) groups excluding carboxylic acids is 1. The fraction of sp³-hybridized carbons (Fsp3) is 0.419. The number of pyridine rings is 1. The molecule has 0 bridgehead atoms. The third-order valence-corrected chi connectivity index (χ3v) is 7.56. The molecule has 3 N–H and O–H groups in total. The van der Waals surface area contributed by atoms with E-state index in [1.807, 2.05) is 6.07 Å². The van der Waals surface area contributed by atoms with Crippen LogP contribution in [-0.2, 0) is 11.8 Å². The molecule has 1 atom stereocenters. The van der Waals surface area contributed by atoms with Gasteiger partial charge in [0.1, 0.15) is 5.75 Å². The molecular formula is C31H39F2N5O4. The zero-order valence-corrected chi connectivity index (χ0v) is 24.6.